The van der Waals surface area contributed by atoms with Gasteiger partial charge in [0, 0.05) is 13.7 Å². The van der Waals surface area contributed by atoms with E-state index in [-0.39, 0.29) is 12.7 Å². The third-order valence-electron chi connectivity index (χ3n) is 4.37. The molecule has 1 aliphatic rings. The van der Waals surface area contributed by atoms with Gasteiger partial charge in [-0.2, -0.15) is 0 Å². The molecular formula is C21H26NO5P. The molecule has 0 aliphatic heterocycles. The molecule has 0 saturated heterocycles. The van der Waals surface area contributed by atoms with Crippen LogP contribution in [0.3, 0.4) is 0 Å². The summed E-state index contributed by atoms with van der Waals surface area (Å²) in [5, 5.41) is 2.60. The summed E-state index contributed by atoms with van der Waals surface area (Å²) in [6.07, 6.45) is -0.991. The molecule has 0 bridgehead atoms. The van der Waals surface area contributed by atoms with E-state index in [0.29, 0.717) is 0 Å². The normalized spacial score (nSPS) is 15.4. The van der Waals surface area contributed by atoms with Crippen molar-refractivity contribution >= 4 is 13.7 Å². The van der Waals surface area contributed by atoms with Crippen molar-refractivity contribution in [1.82, 2.24) is 5.32 Å². The van der Waals surface area contributed by atoms with Gasteiger partial charge in [0.2, 0.25) is 0 Å². The van der Waals surface area contributed by atoms with Crippen LogP contribution in [0.5, 0.6) is 0 Å². The van der Waals surface area contributed by atoms with E-state index >= 15 is 0 Å². The van der Waals surface area contributed by atoms with Crippen LogP contribution in [0.4, 0.5) is 4.79 Å². The predicted molar refractivity (Wildman–Crippen MR) is 109 cm³/mol. The third kappa shape index (κ3) is 4.64. The number of hydrogen-bond acceptors (Lipinski definition) is 5. The Hall–Kier alpha value is -2.14. The van der Waals surface area contributed by atoms with E-state index in [0.717, 1.165) is 22.3 Å². The molecule has 6 nitrogen and oxygen atoms in total. The molecule has 1 N–H and O–H groups in total. The van der Waals surface area contributed by atoms with Crippen LogP contribution < -0.4 is 5.32 Å². The summed E-state index contributed by atoms with van der Waals surface area (Å²) in [5.74, 6) is 0. The van der Waals surface area contributed by atoms with Crippen molar-refractivity contribution in [3.63, 3.8) is 0 Å². The van der Waals surface area contributed by atoms with Gasteiger partial charge in [-0.1, -0.05) is 48.5 Å². The molecule has 1 atom stereocenters. The molecule has 2 aromatic rings. The number of nitrogens with one attached hydrogen (secondary N) is 1. The molecule has 0 heterocycles. The summed E-state index contributed by atoms with van der Waals surface area (Å²) < 4.78 is 29.7. The van der Waals surface area contributed by atoms with Crippen LogP contribution in [0.2, 0.25) is 0 Å². The van der Waals surface area contributed by atoms with Crippen LogP contribution in [0.1, 0.15) is 38.0 Å². The molecule has 3 rings (SSSR count). The Labute approximate surface area is 165 Å². The van der Waals surface area contributed by atoms with Gasteiger partial charge >= 0.3 is 13.7 Å². The summed E-state index contributed by atoms with van der Waals surface area (Å²) in [7, 11) is -2.08. The number of fused-ring (bicyclic) bond motifs is 3. The first-order valence-electron chi connectivity index (χ1n) is 9.21. The van der Waals surface area contributed by atoms with Crippen molar-refractivity contribution in [2.45, 2.75) is 32.5 Å². The molecule has 1 unspecified atom stereocenters. The average molecular weight is 403 g/mol. The lowest BCUT2D eigenvalue weighted by atomic mass is 10.1. The Morgan fingerprint density at radius 3 is 2.07 bits per heavy atom. The molecule has 0 spiro atoms. The smallest absolute Gasteiger partial charge is 0.407 e. The fraction of sp³-hybridized carbons (Fsp3) is 0.381. The van der Waals surface area contributed by atoms with Gasteiger partial charge in [0.15, 0.2) is 0 Å². The largest absolute Gasteiger partial charge is 0.444 e. The minimum absolute atomic E-state index is 0.0452. The fourth-order valence-corrected chi connectivity index (χ4v) is 4.49. The second-order valence-electron chi connectivity index (χ2n) is 7.61. The lowest BCUT2D eigenvalue weighted by molar-refractivity contribution is 0.0530. The molecule has 0 saturated carbocycles. The zero-order valence-electron chi connectivity index (χ0n) is 16.6. The highest BCUT2D eigenvalue weighted by Gasteiger charge is 2.35. The van der Waals surface area contributed by atoms with Crippen LogP contribution >= 0.6 is 7.60 Å². The SMILES string of the molecule is COP(=O)(CCNC(=O)OC(C)(C)C)OC1c2ccccc2-c2ccccc21. The number of carbonyl (C=O) groups excluding carboxylic acids is 1. The number of hydrogen-bond donors (Lipinski definition) is 1. The zero-order valence-corrected chi connectivity index (χ0v) is 17.5. The predicted octanol–water partition coefficient (Wildman–Crippen LogP) is 5.14. The minimum Gasteiger partial charge on any atom is -0.444 e. The number of carbonyl (C=O) groups is 1. The Kier molecular flexibility index (Phi) is 5.94. The van der Waals surface area contributed by atoms with E-state index in [2.05, 4.69) is 5.32 Å². The van der Waals surface area contributed by atoms with Gasteiger partial charge in [-0.25, -0.2) is 4.79 Å². The quantitative estimate of drug-likeness (QED) is 0.677. The molecular weight excluding hydrogens is 377 g/mol. The number of rotatable bonds is 6. The van der Waals surface area contributed by atoms with Crippen molar-refractivity contribution in [2.75, 3.05) is 19.8 Å². The van der Waals surface area contributed by atoms with Crippen LogP contribution in [0.15, 0.2) is 48.5 Å². The summed E-state index contributed by atoms with van der Waals surface area (Å²) in [6, 6.07) is 15.8. The number of ether oxygens (including phenoxy) is 1. The van der Waals surface area contributed by atoms with E-state index in [1.165, 1.54) is 7.11 Å². The maximum Gasteiger partial charge on any atom is 0.407 e. The van der Waals surface area contributed by atoms with Gasteiger partial charge < -0.3 is 14.6 Å². The standard InChI is InChI=1S/C21H26NO5P/c1-21(2,3)26-20(23)22-13-14-28(24,25-4)27-19-17-11-7-5-9-15(17)16-10-6-8-12-18(16)19/h5-12,19H,13-14H2,1-4H3,(H,22,23). The number of amides is 1. The maximum absolute atomic E-state index is 13.2. The first-order chi connectivity index (χ1) is 13.2. The number of alkyl carbamates (subject to hydrolysis) is 1. The Morgan fingerprint density at radius 1 is 1.04 bits per heavy atom. The highest BCUT2D eigenvalue weighted by molar-refractivity contribution is 7.53. The molecule has 7 heteroatoms. The lowest BCUT2D eigenvalue weighted by Crippen LogP contribution is -2.34. The highest BCUT2D eigenvalue weighted by Crippen LogP contribution is 2.56. The van der Waals surface area contributed by atoms with Gasteiger partial charge in [-0.05, 0) is 43.0 Å². The van der Waals surface area contributed by atoms with E-state index < -0.39 is 25.4 Å². The molecule has 0 aromatic heterocycles. The number of benzene rings is 2. The van der Waals surface area contributed by atoms with E-state index in [1.54, 1.807) is 20.8 Å². The van der Waals surface area contributed by atoms with Crippen LogP contribution in [-0.4, -0.2) is 31.5 Å². The molecule has 0 radical (unpaired) electrons. The molecule has 0 fully saturated rings. The Morgan fingerprint density at radius 2 is 1.57 bits per heavy atom. The van der Waals surface area contributed by atoms with Crippen molar-refractivity contribution in [3.05, 3.63) is 59.7 Å². The summed E-state index contributed by atoms with van der Waals surface area (Å²) in [4.78, 5) is 11.8. The average Bonchev–Trinajstić information content (AvgIpc) is 2.94. The summed E-state index contributed by atoms with van der Waals surface area (Å²) in [6.45, 7) is 5.47. The van der Waals surface area contributed by atoms with Gasteiger partial charge in [0.05, 0.1) is 6.16 Å². The van der Waals surface area contributed by atoms with E-state index in [9.17, 15) is 9.36 Å². The zero-order chi connectivity index (χ0) is 20.4. The molecule has 28 heavy (non-hydrogen) atoms. The van der Waals surface area contributed by atoms with Gasteiger partial charge in [-0.3, -0.25) is 9.09 Å². The molecule has 1 amide bonds. The summed E-state index contributed by atoms with van der Waals surface area (Å²) in [5.41, 5.74) is 3.46. The van der Waals surface area contributed by atoms with Crippen molar-refractivity contribution in [3.8, 4) is 11.1 Å². The maximum atomic E-state index is 13.2. The van der Waals surface area contributed by atoms with Gasteiger partial charge in [-0.15, -0.1) is 0 Å². The topological polar surface area (TPSA) is 73.9 Å². The van der Waals surface area contributed by atoms with Crippen LogP contribution in [-0.2, 0) is 18.3 Å². The van der Waals surface area contributed by atoms with Crippen molar-refractivity contribution < 1.29 is 23.1 Å². The fourth-order valence-electron chi connectivity index (χ4n) is 3.18. The minimum atomic E-state index is -3.44. The highest BCUT2D eigenvalue weighted by atomic mass is 31.2. The third-order valence-corrected chi connectivity index (χ3v) is 6.23. The Bertz CT molecular complexity index is 860. The first kappa shape index (κ1) is 20.6. The first-order valence-corrected chi connectivity index (χ1v) is 10.9. The van der Waals surface area contributed by atoms with E-state index in [1.807, 2.05) is 48.5 Å². The Balaban J connectivity index is 1.72. The van der Waals surface area contributed by atoms with Gasteiger partial charge in [0.25, 0.3) is 0 Å². The molecule has 2 aromatic carbocycles. The summed E-state index contributed by atoms with van der Waals surface area (Å²) >= 11 is 0. The van der Waals surface area contributed by atoms with Crippen LogP contribution in [0, 0.1) is 0 Å². The van der Waals surface area contributed by atoms with Crippen LogP contribution in [0.25, 0.3) is 11.1 Å². The monoisotopic (exact) mass is 403 g/mol. The molecule has 1 aliphatic carbocycles. The van der Waals surface area contributed by atoms with Gasteiger partial charge in [0.1, 0.15) is 11.7 Å². The second-order valence-corrected chi connectivity index (χ2v) is 9.85. The second kappa shape index (κ2) is 8.08. The van der Waals surface area contributed by atoms with Crippen molar-refractivity contribution in [2.24, 2.45) is 0 Å². The van der Waals surface area contributed by atoms with Crippen molar-refractivity contribution in [1.29, 1.82) is 0 Å². The lowest BCUT2D eigenvalue weighted by Gasteiger charge is -2.23. The van der Waals surface area contributed by atoms with E-state index in [4.69, 9.17) is 13.8 Å². The molecule has 150 valence electrons.